The van der Waals surface area contributed by atoms with Crippen molar-refractivity contribution in [1.29, 1.82) is 0 Å². The third-order valence-corrected chi connectivity index (χ3v) is 5.04. The van der Waals surface area contributed by atoms with Crippen LogP contribution in [0.1, 0.15) is 28.8 Å². The molecule has 6 nitrogen and oxygen atoms in total. The maximum absolute atomic E-state index is 12.8. The van der Waals surface area contributed by atoms with E-state index in [1.165, 1.54) is 6.07 Å². The zero-order valence-corrected chi connectivity index (χ0v) is 12.7. The smallest absolute Gasteiger partial charge is 0.273 e. The van der Waals surface area contributed by atoms with Gasteiger partial charge in [0.2, 0.25) is 0 Å². The highest BCUT2D eigenvalue weighted by molar-refractivity contribution is 5.96. The summed E-state index contributed by atoms with van der Waals surface area (Å²) < 4.78 is 0. The van der Waals surface area contributed by atoms with E-state index in [1.807, 2.05) is 4.90 Å². The fourth-order valence-electron chi connectivity index (χ4n) is 3.64. The number of hydrogen-bond acceptors (Lipinski definition) is 4. The highest BCUT2D eigenvalue weighted by Gasteiger charge is 2.32. The van der Waals surface area contributed by atoms with Crippen molar-refractivity contribution in [1.82, 2.24) is 10.2 Å². The Bertz CT molecular complexity index is 588. The van der Waals surface area contributed by atoms with Gasteiger partial charge in [-0.25, -0.2) is 0 Å². The van der Waals surface area contributed by atoms with Gasteiger partial charge in [0.1, 0.15) is 0 Å². The normalized spacial score (nSPS) is 24.7. The molecule has 1 amide bonds. The number of carbonyl (C=O) groups is 1. The summed E-state index contributed by atoms with van der Waals surface area (Å²) in [5.41, 5.74) is 0.935. The first-order valence-corrected chi connectivity index (χ1v) is 7.82. The van der Waals surface area contributed by atoms with Gasteiger partial charge in [-0.05, 0) is 50.8 Å². The van der Waals surface area contributed by atoms with E-state index in [9.17, 15) is 14.9 Å². The first-order valence-electron chi connectivity index (χ1n) is 7.82. The second-order valence-corrected chi connectivity index (χ2v) is 6.25. The quantitative estimate of drug-likeness (QED) is 0.669. The Morgan fingerprint density at radius 2 is 1.91 bits per heavy atom. The third-order valence-electron chi connectivity index (χ3n) is 5.04. The molecular formula is C16H21N3O3. The molecule has 2 heterocycles. The van der Waals surface area contributed by atoms with E-state index in [1.54, 1.807) is 19.1 Å². The molecule has 1 aromatic carbocycles. The number of nitro benzene ring substituents is 1. The van der Waals surface area contributed by atoms with E-state index in [0.29, 0.717) is 23.0 Å². The summed E-state index contributed by atoms with van der Waals surface area (Å²) in [7, 11) is 0. The minimum atomic E-state index is -0.426. The van der Waals surface area contributed by atoms with E-state index in [2.05, 4.69) is 5.32 Å². The molecule has 1 aromatic rings. The molecule has 0 aliphatic carbocycles. The van der Waals surface area contributed by atoms with E-state index >= 15 is 0 Å². The predicted molar refractivity (Wildman–Crippen MR) is 82.8 cm³/mol. The van der Waals surface area contributed by atoms with Crippen LogP contribution in [0.15, 0.2) is 18.2 Å². The van der Waals surface area contributed by atoms with Crippen molar-refractivity contribution in [3.8, 4) is 0 Å². The van der Waals surface area contributed by atoms with E-state index < -0.39 is 4.92 Å². The van der Waals surface area contributed by atoms with Gasteiger partial charge in [-0.15, -0.1) is 0 Å². The molecule has 0 unspecified atom stereocenters. The lowest BCUT2D eigenvalue weighted by Gasteiger charge is -2.21. The number of nitro groups is 1. The number of hydrogen-bond donors (Lipinski definition) is 1. The van der Waals surface area contributed by atoms with Gasteiger partial charge in [0, 0.05) is 30.3 Å². The van der Waals surface area contributed by atoms with Gasteiger partial charge in [-0.1, -0.05) is 6.07 Å². The first-order chi connectivity index (χ1) is 10.6. The Hall–Kier alpha value is -1.95. The monoisotopic (exact) mass is 303 g/mol. The summed E-state index contributed by atoms with van der Waals surface area (Å²) in [5.74, 6) is 1.24. The highest BCUT2D eigenvalue weighted by atomic mass is 16.6. The van der Waals surface area contributed by atoms with Crippen LogP contribution in [0.4, 0.5) is 5.69 Å². The third kappa shape index (κ3) is 2.70. The number of carbonyl (C=O) groups excluding carboxylic acids is 1. The summed E-state index contributed by atoms with van der Waals surface area (Å²) in [4.78, 5) is 25.2. The van der Waals surface area contributed by atoms with Crippen LogP contribution in [0.2, 0.25) is 0 Å². The van der Waals surface area contributed by atoms with Crippen molar-refractivity contribution in [3.05, 3.63) is 39.4 Å². The molecule has 2 saturated heterocycles. The maximum atomic E-state index is 12.8. The van der Waals surface area contributed by atoms with Crippen LogP contribution in [0, 0.1) is 28.9 Å². The van der Waals surface area contributed by atoms with Gasteiger partial charge in [-0.3, -0.25) is 14.9 Å². The van der Waals surface area contributed by atoms with E-state index in [4.69, 9.17) is 0 Å². The van der Waals surface area contributed by atoms with Crippen LogP contribution < -0.4 is 5.32 Å². The summed E-state index contributed by atoms with van der Waals surface area (Å²) >= 11 is 0. The molecule has 22 heavy (non-hydrogen) atoms. The van der Waals surface area contributed by atoms with Gasteiger partial charge >= 0.3 is 0 Å². The Labute approximate surface area is 129 Å². The number of amides is 1. The Morgan fingerprint density at radius 1 is 1.27 bits per heavy atom. The van der Waals surface area contributed by atoms with E-state index in [-0.39, 0.29) is 11.6 Å². The van der Waals surface area contributed by atoms with Crippen molar-refractivity contribution >= 4 is 11.6 Å². The topological polar surface area (TPSA) is 75.5 Å². The van der Waals surface area contributed by atoms with Crippen LogP contribution in [-0.4, -0.2) is 41.9 Å². The fraction of sp³-hybridized carbons (Fsp3) is 0.562. The molecule has 0 bridgehead atoms. The van der Waals surface area contributed by atoms with Gasteiger partial charge in [0.25, 0.3) is 11.6 Å². The van der Waals surface area contributed by atoms with Gasteiger partial charge in [0.05, 0.1) is 4.92 Å². The van der Waals surface area contributed by atoms with Crippen molar-refractivity contribution in [2.75, 3.05) is 26.2 Å². The second kappa shape index (κ2) is 6.04. The number of likely N-dealkylation sites (tertiary alicyclic amines) is 1. The van der Waals surface area contributed by atoms with Crippen molar-refractivity contribution in [2.24, 2.45) is 11.8 Å². The van der Waals surface area contributed by atoms with Crippen molar-refractivity contribution in [3.63, 3.8) is 0 Å². The molecule has 2 fully saturated rings. The Kier molecular flexibility index (Phi) is 4.11. The van der Waals surface area contributed by atoms with Crippen LogP contribution in [-0.2, 0) is 0 Å². The molecule has 0 radical (unpaired) electrons. The zero-order chi connectivity index (χ0) is 15.7. The molecule has 3 rings (SSSR count). The van der Waals surface area contributed by atoms with Gasteiger partial charge in [0.15, 0.2) is 0 Å². The molecule has 6 heteroatoms. The number of nitrogens with zero attached hydrogens (tertiary/aromatic N) is 2. The molecule has 0 saturated carbocycles. The number of rotatable bonds is 2. The summed E-state index contributed by atoms with van der Waals surface area (Å²) in [5, 5.41) is 14.5. The number of benzene rings is 1. The Morgan fingerprint density at radius 3 is 2.50 bits per heavy atom. The molecule has 2 aliphatic rings. The van der Waals surface area contributed by atoms with Gasteiger partial charge < -0.3 is 10.2 Å². The zero-order valence-electron chi connectivity index (χ0n) is 12.7. The molecule has 1 N–H and O–H groups in total. The Balaban J connectivity index is 1.79. The first kappa shape index (κ1) is 15.0. The van der Waals surface area contributed by atoms with E-state index in [0.717, 1.165) is 39.0 Å². The largest absolute Gasteiger partial charge is 0.339 e. The van der Waals surface area contributed by atoms with Crippen molar-refractivity contribution in [2.45, 2.75) is 19.8 Å². The molecule has 2 atom stereocenters. The molecule has 0 spiro atoms. The fourth-order valence-corrected chi connectivity index (χ4v) is 3.64. The lowest BCUT2D eigenvalue weighted by molar-refractivity contribution is -0.385. The number of nitrogens with one attached hydrogen (secondary N) is 1. The maximum Gasteiger partial charge on any atom is 0.273 e. The average molecular weight is 303 g/mol. The number of fused-ring (bicyclic) bond motifs is 1. The molecular weight excluding hydrogens is 282 g/mol. The van der Waals surface area contributed by atoms with Crippen molar-refractivity contribution < 1.29 is 9.72 Å². The van der Waals surface area contributed by atoms with Crippen LogP contribution in [0.3, 0.4) is 0 Å². The highest BCUT2D eigenvalue weighted by Crippen LogP contribution is 2.29. The second-order valence-electron chi connectivity index (χ2n) is 6.25. The SMILES string of the molecule is Cc1c(C(=O)N2CC[C@@H]3CNC[C@@H]3CC2)cccc1[N+](=O)[O-]. The molecule has 2 aliphatic heterocycles. The summed E-state index contributed by atoms with van der Waals surface area (Å²) in [6, 6.07) is 4.73. The standard InChI is InChI=1S/C16H21N3O3/c1-11-14(3-2-4-15(11)19(21)22)16(20)18-7-5-12-9-17-10-13(12)6-8-18/h2-4,12-13,17H,5-10H2,1H3/t12-,13+. The van der Waals surface area contributed by atoms with Crippen LogP contribution in [0.5, 0.6) is 0 Å². The summed E-state index contributed by atoms with van der Waals surface area (Å²) in [6.07, 6.45) is 2.02. The molecule has 118 valence electrons. The predicted octanol–water partition coefficient (Wildman–Crippen LogP) is 1.97. The average Bonchev–Trinajstić information content (AvgIpc) is 2.85. The van der Waals surface area contributed by atoms with Crippen LogP contribution in [0.25, 0.3) is 0 Å². The van der Waals surface area contributed by atoms with Crippen LogP contribution >= 0.6 is 0 Å². The lowest BCUT2D eigenvalue weighted by atomic mass is 9.92. The molecule has 0 aromatic heterocycles. The lowest BCUT2D eigenvalue weighted by Crippen LogP contribution is -2.33. The minimum absolute atomic E-state index is 0.0155. The minimum Gasteiger partial charge on any atom is -0.339 e. The van der Waals surface area contributed by atoms with Gasteiger partial charge in [-0.2, -0.15) is 0 Å². The summed E-state index contributed by atoms with van der Waals surface area (Å²) in [6.45, 7) is 5.22.